The van der Waals surface area contributed by atoms with E-state index < -0.39 is 11.6 Å². The van der Waals surface area contributed by atoms with Crippen LogP contribution in [0.1, 0.15) is 20.8 Å². The highest BCUT2D eigenvalue weighted by Gasteiger charge is 2.10. The summed E-state index contributed by atoms with van der Waals surface area (Å²) < 4.78 is 0. The summed E-state index contributed by atoms with van der Waals surface area (Å²) in [4.78, 5) is 19.1. The van der Waals surface area contributed by atoms with Crippen molar-refractivity contribution in [2.75, 3.05) is 0 Å². The molecule has 0 aromatic carbocycles. The number of carboxylic acids is 1. The van der Waals surface area contributed by atoms with E-state index in [9.17, 15) is 4.79 Å². The zero-order valence-corrected chi connectivity index (χ0v) is 6.83. The molecule has 0 aromatic heterocycles. The molecule has 64 valence electrons. The van der Waals surface area contributed by atoms with E-state index in [0.29, 0.717) is 0 Å². The van der Waals surface area contributed by atoms with Crippen molar-refractivity contribution in [3.8, 4) is 0 Å². The lowest BCUT2D eigenvalue weighted by Gasteiger charge is -2.15. The molecule has 0 aliphatic carbocycles. The molecule has 0 saturated carbocycles. The van der Waals surface area contributed by atoms with E-state index in [1.54, 1.807) is 20.8 Å². The lowest BCUT2D eigenvalue weighted by Crippen LogP contribution is -2.17. The largest absolute Gasteiger partial charge is 0.478 e. The standard InChI is InChI=1S/C7H12O4/c1-7(2,3)11-10-5-4-6(8)9/h4-5H,1-3H3,(H,8,9). The van der Waals surface area contributed by atoms with Crippen LogP contribution < -0.4 is 0 Å². The van der Waals surface area contributed by atoms with Gasteiger partial charge in [-0.1, -0.05) is 0 Å². The molecule has 1 N–H and O–H groups in total. The third-order valence-electron chi connectivity index (χ3n) is 0.564. The number of rotatable bonds is 3. The van der Waals surface area contributed by atoms with E-state index >= 15 is 0 Å². The molecule has 0 atom stereocenters. The van der Waals surface area contributed by atoms with E-state index in [4.69, 9.17) is 9.99 Å². The van der Waals surface area contributed by atoms with Crippen molar-refractivity contribution in [2.24, 2.45) is 0 Å². The normalized spacial score (nSPS) is 11.9. The molecule has 4 nitrogen and oxygen atoms in total. The van der Waals surface area contributed by atoms with Crippen LogP contribution in [0.15, 0.2) is 12.3 Å². The molecular formula is C7H12O4. The van der Waals surface area contributed by atoms with Crippen molar-refractivity contribution in [2.45, 2.75) is 26.4 Å². The summed E-state index contributed by atoms with van der Waals surface area (Å²) in [5.74, 6) is -1.07. The summed E-state index contributed by atoms with van der Waals surface area (Å²) in [6, 6.07) is 0. The topological polar surface area (TPSA) is 55.8 Å². The van der Waals surface area contributed by atoms with Gasteiger partial charge in [-0.05, 0) is 20.8 Å². The van der Waals surface area contributed by atoms with Crippen LogP contribution in [0.4, 0.5) is 0 Å². The van der Waals surface area contributed by atoms with Gasteiger partial charge in [0, 0.05) is 0 Å². The van der Waals surface area contributed by atoms with Gasteiger partial charge in [-0.3, -0.25) is 0 Å². The Morgan fingerprint density at radius 2 is 2.00 bits per heavy atom. The van der Waals surface area contributed by atoms with Crippen LogP contribution in [0, 0.1) is 0 Å². The van der Waals surface area contributed by atoms with Crippen molar-refractivity contribution in [1.82, 2.24) is 0 Å². The van der Waals surface area contributed by atoms with Crippen molar-refractivity contribution in [1.29, 1.82) is 0 Å². The molecule has 0 heterocycles. The second-order valence-corrected chi connectivity index (χ2v) is 2.93. The van der Waals surface area contributed by atoms with Crippen LogP contribution >= 0.6 is 0 Å². The number of hydrogen-bond acceptors (Lipinski definition) is 3. The maximum atomic E-state index is 9.90. The molecule has 0 unspecified atom stereocenters. The van der Waals surface area contributed by atoms with Gasteiger partial charge in [-0.2, -0.15) is 4.89 Å². The molecule has 0 amide bonds. The first-order valence-corrected chi connectivity index (χ1v) is 3.16. The van der Waals surface area contributed by atoms with Crippen molar-refractivity contribution >= 4 is 5.97 Å². The minimum atomic E-state index is -1.07. The smallest absolute Gasteiger partial charge is 0.331 e. The molecule has 0 rings (SSSR count). The summed E-state index contributed by atoms with van der Waals surface area (Å²) >= 11 is 0. The molecule has 11 heavy (non-hydrogen) atoms. The fourth-order valence-electron chi connectivity index (χ4n) is 0.258. The Bertz CT molecular complexity index is 154. The Hall–Kier alpha value is -1.03. The van der Waals surface area contributed by atoms with Gasteiger partial charge in [0.2, 0.25) is 0 Å². The van der Waals surface area contributed by atoms with Gasteiger partial charge >= 0.3 is 5.97 Å². The summed E-state index contributed by atoms with van der Waals surface area (Å²) in [6.07, 6.45) is 1.83. The molecule has 0 fully saturated rings. The van der Waals surface area contributed by atoms with Gasteiger partial charge < -0.3 is 9.99 Å². The minimum absolute atomic E-state index is 0.428. The van der Waals surface area contributed by atoms with E-state index in [-0.39, 0.29) is 0 Å². The van der Waals surface area contributed by atoms with E-state index in [2.05, 4.69) is 4.89 Å². The first-order chi connectivity index (χ1) is 4.92. The van der Waals surface area contributed by atoms with Crippen LogP contribution in [-0.4, -0.2) is 16.7 Å². The third kappa shape index (κ3) is 8.97. The molecule has 0 aliphatic heterocycles. The van der Waals surface area contributed by atoms with Gasteiger partial charge in [-0.15, -0.1) is 0 Å². The highest BCUT2D eigenvalue weighted by atomic mass is 17.2. The predicted molar refractivity (Wildman–Crippen MR) is 38.7 cm³/mol. The highest BCUT2D eigenvalue weighted by molar-refractivity contribution is 5.79. The lowest BCUT2D eigenvalue weighted by atomic mass is 10.2. The van der Waals surface area contributed by atoms with E-state index in [0.717, 1.165) is 12.3 Å². The molecule has 0 aromatic rings. The Morgan fingerprint density at radius 1 is 1.45 bits per heavy atom. The first-order valence-electron chi connectivity index (χ1n) is 3.16. The van der Waals surface area contributed by atoms with Crippen LogP contribution in [-0.2, 0) is 14.6 Å². The average molecular weight is 160 g/mol. The van der Waals surface area contributed by atoms with E-state index in [1.165, 1.54) is 0 Å². The van der Waals surface area contributed by atoms with Crippen LogP contribution in [0.25, 0.3) is 0 Å². The summed E-state index contributed by atoms with van der Waals surface area (Å²) in [7, 11) is 0. The monoisotopic (exact) mass is 160 g/mol. The number of carbonyl (C=O) groups is 1. The Kier molecular flexibility index (Phi) is 3.60. The lowest BCUT2D eigenvalue weighted by molar-refractivity contribution is -0.310. The molecule has 0 saturated heterocycles. The molecular weight excluding hydrogens is 148 g/mol. The van der Waals surface area contributed by atoms with Gasteiger partial charge in [0.15, 0.2) is 0 Å². The molecule has 0 bridgehead atoms. The molecule has 4 heteroatoms. The Labute approximate surface area is 65.4 Å². The minimum Gasteiger partial charge on any atom is -0.478 e. The Morgan fingerprint density at radius 3 is 2.36 bits per heavy atom. The highest BCUT2D eigenvalue weighted by Crippen LogP contribution is 2.06. The number of carboxylic acid groups (broad SMARTS) is 1. The third-order valence-corrected chi connectivity index (χ3v) is 0.564. The SMILES string of the molecule is CC(C)(C)OOC=CC(=O)O. The first kappa shape index (κ1) is 9.97. The van der Waals surface area contributed by atoms with E-state index in [1.807, 2.05) is 0 Å². The maximum Gasteiger partial charge on any atom is 0.331 e. The Balaban J connectivity index is 3.50. The molecule has 0 spiro atoms. The van der Waals surface area contributed by atoms with Gasteiger partial charge in [0.05, 0.1) is 6.08 Å². The second kappa shape index (κ2) is 3.98. The fraction of sp³-hybridized carbons (Fsp3) is 0.571. The maximum absolute atomic E-state index is 9.90. The van der Waals surface area contributed by atoms with Crippen molar-refractivity contribution < 1.29 is 19.7 Å². The molecule has 0 radical (unpaired) electrons. The van der Waals surface area contributed by atoms with Crippen molar-refractivity contribution in [3.05, 3.63) is 12.3 Å². The molecule has 0 aliphatic rings. The van der Waals surface area contributed by atoms with Crippen LogP contribution in [0.2, 0.25) is 0 Å². The zero-order valence-electron chi connectivity index (χ0n) is 6.83. The van der Waals surface area contributed by atoms with Crippen LogP contribution in [0.5, 0.6) is 0 Å². The number of aliphatic carboxylic acids is 1. The average Bonchev–Trinajstić information content (AvgIpc) is 1.78. The summed E-state index contributed by atoms with van der Waals surface area (Å²) in [6.45, 7) is 5.38. The van der Waals surface area contributed by atoms with Gasteiger partial charge in [0.1, 0.15) is 11.9 Å². The van der Waals surface area contributed by atoms with Crippen molar-refractivity contribution in [3.63, 3.8) is 0 Å². The summed E-state index contributed by atoms with van der Waals surface area (Å²) in [5, 5.41) is 8.12. The quantitative estimate of drug-likeness (QED) is 0.293. The number of hydrogen-bond donors (Lipinski definition) is 1. The van der Waals surface area contributed by atoms with Gasteiger partial charge in [0.25, 0.3) is 0 Å². The fourth-order valence-corrected chi connectivity index (χ4v) is 0.258. The van der Waals surface area contributed by atoms with Gasteiger partial charge in [-0.25, -0.2) is 4.79 Å². The summed E-state index contributed by atoms with van der Waals surface area (Å²) in [5.41, 5.74) is -0.428. The zero-order chi connectivity index (χ0) is 8.91. The van der Waals surface area contributed by atoms with Crippen LogP contribution in [0.3, 0.4) is 0 Å². The predicted octanol–water partition coefficient (Wildman–Crippen LogP) is 1.33. The second-order valence-electron chi connectivity index (χ2n) is 2.93.